The smallest absolute Gasteiger partial charge is 0.175 e. The maximum atomic E-state index is 12.8. The van der Waals surface area contributed by atoms with E-state index in [0.717, 1.165) is 22.8 Å². The van der Waals surface area contributed by atoms with E-state index in [0.29, 0.717) is 5.11 Å². The Morgan fingerprint density at radius 3 is 2.37 bits per heavy atom. The monoisotopic (exact) mass is 278 g/mol. The second-order valence-corrected chi connectivity index (χ2v) is 4.66. The topological polar surface area (TPSA) is 41.9 Å². The number of hydrogen-bond acceptors (Lipinski definition) is 2. The number of nitrogens with one attached hydrogen (secondary N) is 2. The van der Waals surface area contributed by atoms with E-state index in [1.54, 1.807) is 16.8 Å². The van der Waals surface area contributed by atoms with Crippen molar-refractivity contribution in [3.05, 3.63) is 41.5 Å². The van der Waals surface area contributed by atoms with Gasteiger partial charge in [0.25, 0.3) is 0 Å². The summed E-state index contributed by atoms with van der Waals surface area (Å²) in [5.74, 6) is -0.275. The Labute approximate surface area is 116 Å². The van der Waals surface area contributed by atoms with Gasteiger partial charge in [0, 0.05) is 12.7 Å². The van der Waals surface area contributed by atoms with E-state index in [4.69, 9.17) is 12.2 Å². The molecule has 0 fully saturated rings. The minimum absolute atomic E-state index is 0.275. The number of aromatic nitrogens is 2. The van der Waals surface area contributed by atoms with Crippen molar-refractivity contribution < 1.29 is 4.39 Å². The molecule has 0 bridgehead atoms. The van der Waals surface area contributed by atoms with Crippen LogP contribution in [0.15, 0.2) is 24.3 Å². The van der Waals surface area contributed by atoms with Crippen LogP contribution in [0.4, 0.5) is 15.8 Å². The summed E-state index contributed by atoms with van der Waals surface area (Å²) in [6.45, 7) is 3.87. The van der Waals surface area contributed by atoms with E-state index < -0.39 is 0 Å². The summed E-state index contributed by atoms with van der Waals surface area (Å²) in [4.78, 5) is 0. The van der Waals surface area contributed by atoms with Crippen LogP contribution >= 0.6 is 12.2 Å². The first-order chi connectivity index (χ1) is 8.97. The van der Waals surface area contributed by atoms with E-state index in [9.17, 15) is 4.39 Å². The zero-order chi connectivity index (χ0) is 14.0. The van der Waals surface area contributed by atoms with Crippen LogP contribution in [0.3, 0.4) is 0 Å². The summed E-state index contributed by atoms with van der Waals surface area (Å²) in [5.41, 5.74) is 3.50. The lowest BCUT2D eigenvalue weighted by molar-refractivity contribution is 0.628. The third-order valence-electron chi connectivity index (χ3n) is 2.85. The van der Waals surface area contributed by atoms with E-state index in [1.807, 2.05) is 20.9 Å². The average molecular weight is 278 g/mol. The Balaban J connectivity index is 2.07. The maximum Gasteiger partial charge on any atom is 0.175 e. The van der Waals surface area contributed by atoms with Gasteiger partial charge in [0.2, 0.25) is 0 Å². The normalized spacial score (nSPS) is 10.3. The maximum absolute atomic E-state index is 12.8. The van der Waals surface area contributed by atoms with Gasteiger partial charge in [-0.25, -0.2) is 4.39 Å². The third-order valence-corrected chi connectivity index (χ3v) is 3.05. The van der Waals surface area contributed by atoms with Crippen molar-refractivity contribution in [3.63, 3.8) is 0 Å². The first-order valence-corrected chi connectivity index (χ1v) is 6.22. The fourth-order valence-corrected chi connectivity index (χ4v) is 1.98. The number of nitrogens with zero attached hydrogens (tertiary/aromatic N) is 2. The molecule has 4 nitrogen and oxygen atoms in total. The molecule has 0 spiro atoms. The van der Waals surface area contributed by atoms with Crippen LogP contribution in [0, 0.1) is 19.7 Å². The Hall–Kier alpha value is -1.95. The minimum Gasteiger partial charge on any atom is -0.332 e. The Morgan fingerprint density at radius 1 is 1.21 bits per heavy atom. The predicted molar refractivity (Wildman–Crippen MR) is 78.9 cm³/mol. The SMILES string of the molecule is Cc1nn(C)c(C)c1NC(=S)Nc1ccc(F)cc1. The summed E-state index contributed by atoms with van der Waals surface area (Å²) >= 11 is 5.23. The molecule has 0 saturated heterocycles. The molecule has 0 atom stereocenters. The van der Waals surface area contributed by atoms with Crippen molar-refractivity contribution in [1.82, 2.24) is 9.78 Å². The van der Waals surface area contributed by atoms with E-state index >= 15 is 0 Å². The zero-order valence-corrected chi connectivity index (χ0v) is 11.8. The van der Waals surface area contributed by atoms with Crippen molar-refractivity contribution in [2.24, 2.45) is 7.05 Å². The highest BCUT2D eigenvalue weighted by Gasteiger charge is 2.10. The number of anilines is 2. The van der Waals surface area contributed by atoms with Crippen LogP contribution in [0.25, 0.3) is 0 Å². The molecular weight excluding hydrogens is 263 g/mol. The van der Waals surface area contributed by atoms with Crippen molar-refractivity contribution in [3.8, 4) is 0 Å². The van der Waals surface area contributed by atoms with Crippen LogP contribution in [0.5, 0.6) is 0 Å². The molecule has 0 saturated carbocycles. The van der Waals surface area contributed by atoms with Gasteiger partial charge < -0.3 is 10.6 Å². The molecule has 0 aliphatic rings. The number of aryl methyl sites for hydroxylation is 2. The first kappa shape index (κ1) is 13.5. The quantitative estimate of drug-likeness (QED) is 0.829. The molecule has 0 amide bonds. The first-order valence-electron chi connectivity index (χ1n) is 5.81. The fraction of sp³-hybridized carbons (Fsp3) is 0.231. The molecule has 0 aliphatic carbocycles. The minimum atomic E-state index is -0.275. The van der Waals surface area contributed by atoms with E-state index in [1.165, 1.54) is 12.1 Å². The number of halogens is 1. The van der Waals surface area contributed by atoms with Gasteiger partial charge in [-0.05, 0) is 50.3 Å². The molecule has 1 heterocycles. The molecule has 0 aliphatic heterocycles. The molecule has 6 heteroatoms. The molecule has 2 rings (SSSR count). The molecule has 0 unspecified atom stereocenters. The van der Waals surface area contributed by atoms with E-state index in [2.05, 4.69) is 15.7 Å². The lowest BCUT2D eigenvalue weighted by Gasteiger charge is -2.10. The summed E-state index contributed by atoms with van der Waals surface area (Å²) in [6.07, 6.45) is 0. The predicted octanol–water partition coefficient (Wildman–Crippen LogP) is 2.98. The summed E-state index contributed by atoms with van der Waals surface area (Å²) in [6, 6.07) is 6.02. The van der Waals surface area contributed by atoms with Gasteiger partial charge in [0.05, 0.1) is 17.1 Å². The summed E-state index contributed by atoms with van der Waals surface area (Å²) in [7, 11) is 1.88. The van der Waals surface area contributed by atoms with Crippen molar-refractivity contribution in [2.45, 2.75) is 13.8 Å². The molecule has 2 N–H and O–H groups in total. The number of thiocarbonyl (C=S) groups is 1. The molecule has 1 aromatic carbocycles. The molecule has 100 valence electrons. The van der Waals surface area contributed by atoms with Gasteiger partial charge in [-0.1, -0.05) is 0 Å². The second kappa shape index (κ2) is 5.36. The van der Waals surface area contributed by atoms with Gasteiger partial charge in [-0.2, -0.15) is 5.10 Å². The zero-order valence-electron chi connectivity index (χ0n) is 11.0. The average Bonchev–Trinajstić information content (AvgIpc) is 2.59. The molecule has 2 aromatic rings. The summed E-state index contributed by atoms with van der Waals surface area (Å²) < 4.78 is 14.6. The molecule has 19 heavy (non-hydrogen) atoms. The van der Waals surface area contributed by atoms with Crippen LogP contribution < -0.4 is 10.6 Å². The van der Waals surface area contributed by atoms with E-state index in [-0.39, 0.29) is 5.82 Å². The highest BCUT2D eigenvalue weighted by atomic mass is 32.1. The Morgan fingerprint density at radius 2 is 1.84 bits per heavy atom. The van der Waals surface area contributed by atoms with Crippen molar-refractivity contribution in [1.29, 1.82) is 0 Å². The van der Waals surface area contributed by atoms with Crippen LogP contribution in [-0.2, 0) is 7.05 Å². The standard InChI is InChI=1S/C13H15FN4S/c1-8-12(9(2)18(3)17-8)16-13(19)15-11-6-4-10(14)5-7-11/h4-7H,1-3H3,(H2,15,16,19). The fourth-order valence-electron chi connectivity index (χ4n) is 1.76. The molecular formula is C13H15FN4S. The van der Waals surface area contributed by atoms with Crippen LogP contribution in [-0.4, -0.2) is 14.9 Å². The van der Waals surface area contributed by atoms with Crippen molar-refractivity contribution in [2.75, 3.05) is 10.6 Å². The number of benzene rings is 1. The Bertz CT molecular complexity index is 604. The molecule has 0 radical (unpaired) electrons. The third kappa shape index (κ3) is 3.08. The van der Waals surface area contributed by atoms with Crippen molar-refractivity contribution >= 4 is 28.7 Å². The lowest BCUT2D eigenvalue weighted by atomic mass is 10.3. The van der Waals surface area contributed by atoms with Gasteiger partial charge in [0.15, 0.2) is 5.11 Å². The highest BCUT2D eigenvalue weighted by molar-refractivity contribution is 7.80. The van der Waals surface area contributed by atoms with Gasteiger partial charge in [-0.15, -0.1) is 0 Å². The lowest BCUT2D eigenvalue weighted by Crippen LogP contribution is -2.19. The Kier molecular flexibility index (Phi) is 3.80. The van der Waals surface area contributed by atoms with Crippen LogP contribution in [0.1, 0.15) is 11.4 Å². The largest absolute Gasteiger partial charge is 0.332 e. The van der Waals surface area contributed by atoms with Crippen LogP contribution in [0.2, 0.25) is 0 Å². The van der Waals surface area contributed by atoms with Gasteiger partial charge in [-0.3, -0.25) is 4.68 Å². The van der Waals surface area contributed by atoms with Gasteiger partial charge >= 0.3 is 0 Å². The second-order valence-electron chi connectivity index (χ2n) is 4.26. The molecule has 1 aromatic heterocycles. The summed E-state index contributed by atoms with van der Waals surface area (Å²) in [5, 5.41) is 10.9. The van der Waals surface area contributed by atoms with Gasteiger partial charge in [0.1, 0.15) is 5.82 Å². The number of rotatable bonds is 2. The number of hydrogen-bond donors (Lipinski definition) is 2. The highest BCUT2D eigenvalue weighted by Crippen LogP contribution is 2.18.